The Morgan fingerprint density at radius 2 is 1.24 bits per heavy atom. The second kappa shape index (κ2) is 20.1. The summed E-state index contributed by atoms with van der Waals surface area (Å²) in [4.78, 5) is 121. The van der Waals surface area contributed by atoms with Crippen molar-refractivity contribution in [1.82, 2.24) is 15.1 Å². The number of ether oxygens (including phenoxy) is 4. The number of nitrogens with two attached hydrogens (primary N) is 1. The number of esters is 2. The molecule has 20 heteroatoms. The van der Waals surface area contributed by atoms with Gasteiger partial charge in [0.05, 0.1) is 45.2 Å². The van der Waals surface area contributed by atoms with E-state index in [4.69, 9.17) is 29.8 Å². The fourth-order valence-electron chi connectivity index (χ4n) is 4.09. The molecule has 2 rings (SSSR count). The maximum Gasteiger partial charge on any atom is 0.349 e. The monoisotopic (exact) mass is 698 g/mol. The molecule has 0 radical (unpaired) electrons. The molecule has 20 nitrogen and oxygen atoms in total. The zero-order valence-corrected chi connectivity index (χ0v) is 26.1. The zero-order chi connectivity index (χ0) is 36.5. The van der Waals surface area contributed by atoms with Crippen molar-refractivity contribution in [3.05, 3.63) is 24.3 Å². The van der Waals surface area contributed by atoms with Crippen LogP contribution in [0.4, 0.5) is 0 Å². The van der Waals surface area contributed by atoms with Gasteiger partial charge in [0.2, 0.25) is 18.1 Å². The number of ketones is 1. The predicted molar refractivity (Wildman–Crippen MR) is 159 cm³/mol. The summed E-state index contributed by atoms with van der Waals surface area (Å²) < 4.78 is 20.3. The number of carbonyl (C=O) groups excluding carboxylic acids is 9. The van der Waals surface area contributed by atoms with Crippen molar-refractivity contribution >= 4 is 59.1 Å². The lowest BCUT2D eigenvalue weighted by Gasteiger charge is -2.24. The number of primary amides is 1. The zero-order valence-electron chi connectivity index (χ0n) is 26.1. The average molecular weight is 699 g/mol. The van der Waals surface area contributed by atoms with Crippen LogP contribution < -0.4 is 11.1 Å². The Labute approximate surface area is 279 Å². The van der Waals surface area contributed by atoms with Gasteiger partial charge in [0.25, 0.3) is 29.5 Å². The molecule has 0 aliphatic carbocycles. The van der Waals surface area contributed by atoms with E-state index in [1.165, 1.54) is 0 Å². The first-order chi connectivity index (χ1) is 23.2. The number of hydrogen-bond acceptors (Lipinski definition) is 15. The van der Waals surface area contributed by atoms with Crippen LogP contribution in [-0.4, -0.2) is 144 Å². The molecule has 0 bridgehead atoms. The second-order valence-corrected chi connectivity index (χ2v) is 10.3. The molecule has 49 heavy (non-hydrogen) atoms. The molecule has 0 aromatic heterocycles. The third kappa shape index (κ3) is 13.4. The molecular weight excluding hydrogens is 660 g/mol. The van der Waals surface area contributed by atoms with Crippen molar-refractivity contribution in [2.75, 3.05) is 52.7 Å². The number of nitrogens with one attached hydrogen (secondary N) is 1. The van der Waals surface area contributed by atoms with Crippen LogP contribution in [0.1, 0.15) is 27.1 Å². The van der Waals surface area contributed by atoms with Gasteiger partial charge in [-0.3, -0.25) is 53.0 Å². The smallest absolute Gasteiger partial charge is 0.349 e. The number of nitrogens with zero attached hydrogens (tertiary/aromatic N) is 2. The second-order valence-electron chi connectivity index (χ2n) is 10.3. The molecule has 0 unspecified atom stereocenters. The fraction of sp³-hybridized carbons (Fsp3) is 0.517. The van der Waals surface area contributed by atoms with Crippen LogP contribution in [0.15, 0.2) is 24.3 Å². The van der Waals surface area contributed by atoms with Crippen molar-refractivity contribution in [2.45, 2.75) is 37.9 Å². The van der Waals surface area contributed by atoms with E-state index in [1.54, 1.807) is 0 Å². The molecule has 0 spiro atoms. The van der Waals surface area contributed by atoms with E-state index in [1.807, 2.05) is 0 Å². The molecule has 0 aromatic carbocycles. The molecule has 2 aliphatic heterocycles. The number of carboxylic acid groups (broad SMARTS) is 1. The van der Waals surface area contributed by atoms with Crippen LogP contribution in [0.25, 0.3) is 0 Å². The Morgan fingerprint density at radius 3 is 1.71 bits per heavy atom. The van der Waals surface area contributed by atoms with Gasteiger partial charge in [0, 0.05) is 51.8 Å². The molecule has 3 atom stereocenters. The Morgan fingerprint density at radius 1 is 0.755 bits per heavy atom. The number of Topliss-reactive ketones (excluding diaryl/α,β-unsaturated/α-hetero) is 1. The number of hydrogen-bond donors (Lipinski definition) is 4. The summed E-state index contributed by atoms with van der Waals surface area (Å²) in [5.74, 6) is -10.3. The minimum absolute atomic E-state index is 0. The number of carbonyl (C=O) groups is 10. The number of imide groups is 2. The van der Waals surface area contributed by atoms with Crippen LogP contribution in [0.3, 0.4) is 0 Å². The third-order valence-corrected chi connectivity index (χ3v) is 6.75. The topological polar surface area (TPSA) is 293 Å². The Bertz CT molecular complexity index is 1350. The first-order valence-electron chi connectivity index (χ1n) is 14.8. The largest absolute Gasteiger partial charge is 0.478 e. The average Bonchev–Trinajstić information content (AvgIpc) is 3.55. The lowest BCUT2D eigenvalue weighted by atomic mass is 10.0. The first-order valence-corrected chi connectivity index (χ1v) is 14.8. The van der Waals surface area contributed by atoms with Gasteiger partial charge in [-0.1, -0.05) is 0 Å². The van der Waals surface area contributed by atoms with Gasteiger partial charge < -0.3 is 40.2 Å². The summed E-state index contributed by atoms with van der Waals surface area (Å²) in [6, 6.07) is 0. The molecule has 2 aliphatic rings. The Balaban J connectivity index is 0.0000125. The van der Waals surface area contributed by atoms with Crippen molar-refractivity contribution in [3.63, 3.8) is 0 Å². The lowest BCUT2D eigenvalue weighted by Crippen LogP contribution is -2.51. The van der Waals surface area contributed by atoms with E-state index in [9.17, 15) is 53.1 Å². The molecule has 6 amide bonds. The van der Waals surface area contributed by atoms with Crippen molar-refractivity contribution < 1.29 is 78.5 Å². The molecule has 0 aromatic rings. The minimum Gasteiger partial charge on any atom is -0.478 e. The first kappa shape index (κ1) is 39.8. The lowest BCUT2D eigenvalue weighted by molar-refractivity contribution is -0.182. The molecular formula is C29H38N4O16. The van der Waals surface area contributed by atoms with Crippen LogP contribution in [0.5, 0.6) is 0 Å². The van der Waals surface area contributed by atoms with Gasteiger partial charge in [0.15, 0.2) is 5.78 Å². The summed E-state index contributed by atoms with van der Waals surface area (Å²) in [5, 5.41) is 21.1. The van der Waals surface area contributed by atoms with E-state index in [0.29, 0.717) is 9.80 Å². The number of aliphatic hydroxyl groups is 1. The Kier molecular flexibility index (Phi) is 16.4. The summed E-state index contributed by atoms with van der Waals surface area (Å²) in [6.45, 7) is -2.23. The number of aliphatic hydroxyl groups excluding tert-OH is 1. The molecule has 270 valence electrons. The summed E-state index contributed by atoms with van der Waals surface area (Å²) in [5.41, 5.74) is 5.10. The summed E-state index contributed by atoms with van der Waals surface area (Å²) in [6.07, 6.45) is -2.05. The van der Waals surface area contributed by atoms with E-state index in [-0.39, 0.29) is 53.0 Å². The number of carboxylic acids is 1. The van der Waals surface area contributed by atoms with E-state index >= 15 is 0 Å². The summed E-state index contributed by atoms with van der Waals surface area (Å²) in [7, 11) is 0. The van der Waals surface area contributed by atoms with Crippen molar-refractivity contribution in [1.29, 1.82) is 0 Å². The quantitative estimate of drug-likeness (QED) is 0.0429. The van der Waals surface area contributed by atoms with Gasteiger partial charge in [-0.25, -0.2) is 4.79 Å². The number of rotatable bonds is 24. The van der Waals surface area contributed by atoms with E-state index < -0.39 is 104 Å². The van der Waals surface area contributed by atoms with Crippen LogP contribution in [-0.2, 0) is 66.9 Å². The fourth-order valence-corrected chi connectivity index (χ4v) is 4.09. The highest BCUT2D eigenvalue weighted by molar-refractivity contribution is 6.13. The summed E-state index contributed by atoms with van der Waals surface area (Å²) >= 11 is 0. The van der Waals surface area contributed by atoms with Gasteiger partial charge in [-0.2, -0.15) is 0 Å². The van der Waals surface area contributed by atoms with Gasteiger partial charge >= 0.3 is 17.9 Å². The van der Waals surface area contributed by atoms with E-state index in [0.717, 1.165) is 24.3 Å². The highest BCUT2D eigenvalue weighted by atomic mass is 16.6. The van der Waals surface area contributed by atoms with Gasteiger partial charge in [-0.05, 0) is 6.42 Å². The molecule has 0 saturated carbocycles. The number of aliphatic carboxylic acids is 1. The molecule has 2 heterocycles. The maximum absolute atomic E-state index is 13.0. The third-order valence-electron chi connectivity index (χ3n) is 6.75. The highest BCUT2D eigenvalue weighted by Gasteiger charge is 2.41. The predicted octanol–water partition coefficient (Wildman–Crippen LogP) is -3.64. The van der Waals surface area contributed by atoms with Crippen molar-refractivity contribution in [3.8, 4) is 0 Å². The normalized spacial score (nSPS) is 15.7. The highest BCUT2D eigenvalue weighted by Crippen LogP contribution is 2.12. The van der Waals surface area contributed by atoms with Crippen LogP contribution in [0, 0.1) is 5.92 Å². The molecule has 0 fully saturated rings. The van der Waals surface area contributed by atoms with Crippen LogP contribution >= 0.6 is 0 Å². The van der Waals surface area contributed by atoms with Gasteiger partial charge in [0.1, 0.15) is 6.61 Å². The van der Waals surface area contributed by atoms with Gasteiger partial charge in [-0.15, -0.1) is 0 Å². The standard InChI is InChI=1S/C29H36N4O16.H2/c30-27(42)17(15-34)1-2-18(35)16-47-14-13-46-12-9-31-28(43)25(48-23(40)7-10-32-19(36)3-4-20(32)37)26(29(44)45)49-24(41)8-11-33-21(38)5-6-22(33)39;/h3-6,17,25-26,34H,1-2,7-16H2,(H2,30,42)(H,31,43)(H,44,45);1H/t17-,25+,26+;/m0./s1. The van der Waals surface area contributed by atoms with E-state index in [2.05, 4.69) is 5.32 Å². The Hall–Kier alpha value is -5.34. The number of amides is 6. The molecule has 0 saturated heterocycles. The minimum atomic E-state index is -2.39. The maximum atomic E-state index is 13.0. The van der Waals surface area contributed by atoms with Crippen LogP contribution in [0.2, 0.25) is 0 Å². The van der Waals surface area contributed by atoms with Crippen molar-refractivity contribution in [2.24, 2.45) is 11.7 Å². The SMILES string of the molecule is NC(=O)[C@H](CO)CCC(=O)COCCOCCNC(=O)[C@H](OC(=O)CCN1C(=O)C=CC1=O)[C@@H](OC(=O)CCN1C(=O)C=CC1=O)C(=O)O.[HH]. The molecule has 5 N–H and O–H groups in total.